The Bertz CT molecular complexity index is 1080. The number of carbonyl (C=O) groups excluding carboxylic acids is 1. The predicted molar refractivity (Wildman–Crippen MR) is 108 cm³/mol. The largest absolute Gasteiger partial charge is 0.322 e. The zero-order valence-electron chi connectivity index (χ0n) is 14.4. The van der Waals surface area contributed by atoms with Crippen LogP contribution in [0.3, 0.4) is 0 Å². The number of sulfonamides is 1. The third-order valence-electron chi connectivity index (χ3n) is 3.90. The molecular formula is C20H17ClN2O3S. The third kappa shape index (κ3) is 4.67. The van der Waals surface area contributed by atoms with E-state index < -0.39 is 10.0 Å². The topological polar surface area (TPSA) is 75.3 Å². The van der Waals surface area contributed by atoms with E-state index in [0.717, 1.165) is 5.56 Å². The zero-order valence-corrected chi connectivity index (χ0v) is 16.0. The van der Waals surface area contributed by atoms with E-state index in [1.807, 2.05) is 19.1 Å². The van der Waals surface area contributed by atoms with Gasteiger partial charge in [0.25, 0.3) is 15.9 Å². The highest BCUT2D eigenvalue weighted by molar-refractivity contribution is 7.92. The molecule has 0 saturated carbocycles. The van der Waals surface area contributed by atoms with E-state index in [2.05, 4.69) is 10.0 Å². The van der Waals surface area contributed by atoms with Crippen LogP contribution in [0.1, 0.15) is 15.9 Å². The first kappa shape index (κ1) is 18.9. The molecule has 2 N–H and O–H groups in total. The van der Waals surface area contributed by atoms with Crippen molar-refractivity contribution in [3.8, 4) is 0 Å². The van der Waals surface area contributed by atoms with Crippen LogP contribution in [-0.2, 0) is 10.0 Å². The molecule has 0 fully saturated rings. The molecule has 0 aliphatic heterocycles. The van der Waals surface area contributed by atoms with Crippen molar-refractivity contribution < 1.29 is 13.2 Å². The number of hydrogen-bond acceptors (Lipinski definition) is 3. The molecule has 1 amide bonds. The Morgan fingerprint density at radius 3 is 2.30 bits per heavy atom. The summed E-state index contributed by atoms with van der Waals surface area (Å²) in [5.41, 5.74) is 2.23. The Morgan fingerprint density at radius 2 is 1.63 bits per heavy atom. The van der Waals surface area contributed by atoms with E-state index in [1.54, 1.807) is 36.4 Å². The quantitative estimate of drug-likeness (QED) is 0.651. The number of para-hydroxylation sites is 1. The number of hydrogen-bond donors (Lipinski definition) is 2. The molecule has 7 heteroatoms. The number of halogens is 1. The third-order valence-corrected chi connectivity index (χ3v) is 5.52. The van der Waals surface area contributed by atoms with E-state index in [9.17, 15) is 13.2 Å². The second kappa shape index (κ2) is 7.82. The van der Waals surface area contributed by atoms with Crippen LogP contribution in [0, 0.1) is 6.92 Å². The van der Waals surface area contributed by atoms with Crippen molar-refractivity contribution in [2.75, 3.05) is 10.0 Å². The van der Waals surface area contributed by atoms with E-state index in [-0.39, 0.29) is 10.8 Å². The van der Waals surface area contributed by atoms with Gasteiger partial charge in [0.15, 0.2) is 0 Å². The molecule has 0 unspecified atom stereocenters. The maximum Gasteiger partial charge on any atom is 0.261 e. The van der Waals surface area contributed by atoms with Crippen LogP contribution < -0.4 is 10.0 Å². The normalized spacial score (nSPS) is 11.0. The fraction of sp³-hybridized carbons (Fsp3) is 0.0500. The van der Waals surface area contributed by atoms with Gasteiger partial charge in [-0.05, 0) is 61.0 Å². The number of benzene rings is 3. The lowest BCUT2D eigenvalue weighted by molar-refractivity contribution is 0.102. The SMILES string of the molecule is Cc1ccccc1NS(=O)(=O)c1ccc(C(=O)Nc2cccc(Cl)c2)cc1. The Labute approximate surface area is 163 Å². The Hall–Kier alpha value is -2.83. The molecule has 5 nitrogen and oxygen atoms in total. The van der Waals surface area contributed by atoms with Gasteiger partial charge in [-0.15, -0.1) is 0 Å². The maximum atomic E-state index is 12.5. The minimum absolute atomic E-state index is 0.0741. The summed E-state index contributed by atoms with van der Waals surface area (Å²) < 4.78 is 27.6. The molecule has 0 spiro atoms. The Morgan fingerprint density at radius 1 is 0.926 bits per heavy atom. The highest BCUT2D eigenvalue weighted by atomic mass is 35.5. The molecule has 0 saturated heterocycles. The van der Waals surface area contributed by atoms with E-state index in [1.165, 1.54) is 24.3 Å². The van der Waals surface area contributed by atoms with Crippen molar-refractivity contribution >= 4 is 38.9 Å². The van der Waals surface area contributed by atoms with Crippen molar-refractivity contribution in [2.24, 2.45) is 0 Å². The summed E-state index contributed by atoms with van der Waals surface area (Å²) in [6, 6.07) is 19.6. The molecule has 0 radical (unpaired) electrons. The predicted octanol–water partition coefficient (Wildman–Crippen LogP) is 4.70. The fourth-order valence-corrected chi connectivity index (χ4v) is 3.77. The maximum absolute atomic E-state index is 12.5. The summed E-state index contributed by atoms with van der Waals surface area (Å²) >= 11 is 5.90. The van der Waals surface area contributed by atoms with Gasteiger partial charge in [0.05, 0.1) is 10.6 Å². The van der Waals surface area contributed by atoms with Gasteiger partial charge in [-0.3, -0.25) is 9.52 Å². The summed E-state index contributed by atoms with van der Waals surface area (Å²) in [7, 11) is -3.74. The van der Waals surface area contributed by atoms with Gasteiger partial charge in [-0.1, -0.05) is 35.9 Å². The molecule has 3 aromatic carbocycles. The van der Waals surface area contributed by atoms with Crippen molar-refractivity contribution in [1.82, 2.24) is 0 Å². The van der Waals surface area contributed by atoms with E-state index in [4.69, 9.17) is 11.6 Å². The number of nitrogens with one attached hydrogen (secondary N) is 2. The van der Waals surface area contributed by atoms with Gasteiger partial charge in [0, 0.05) is 16.3 Å². The van der Waals surface area contributed by atoms with Crippen LogP contribution in [0.4, 0.5) is 11.4 Å². The zero-order chi connectivity index (χ0) is 19.4. The molecule has 0 aromatic heterocycles. The molecule has 0 bridgehead atoms. The molecule has 27 heavy (non-hydrogen) atoms. The first-order chi connectivity index (χ1) is 12.8. The van der Waals surface area contributed by atoms with Crippen molar-refractivity contribution in [3.63, 3.8) is 0 Å². The highest BCUT2D eigenvalue weighted by Gasteiger charge is 2.16. The molecule has 0 atom stereocenters. The fourth-order valence-electron chi connectivity index (χ4n) is 2.45. The van der Waals surface area contributed by atoms with Gasteiger partial charge in [0.2, 0.25) is 0 Å². The van der Waals surface area contributed by atoms with Crippen LogP contribution >= 0.6 is 11.6 Å². The number of carbonyl (C=O) groups is 1. The summed E-state index contributed by atoms with van der Waals surface area (Å²) in [4.78, 5) is 12.4. The molecule has 138 valence electrons. The number of amides is 1. The molecule has 3 aromatic rings. The van der Waals surface area contributed by atoms with Gasteiger partial charge < -0.3 is 5.32 Å². The summed E-state index contributed by atoms with van der Waals surface area (Å²) in [5, 5.41) is 3.23. The van der Waals surface area contributed by atoms with Crippen LogP contribution in [0.2, 0.25) is 5.02 Å². The van der Waals surface area contributed by atoms with E-state index in [0.29, 0.717) is 22.0 Å². The minimum atomic E-state index is -3.74. The monoisotopic (exact) mass is 400 g/mol. The summed E-state index contributed by atoms with van der Waals surface area (Å²) in [5.74, 6) is -0.354. The van der Waals surface area contributed by atoms with E-state index >= 15 is 0 Å². The molecular weight excluding hydrogens is 384 g/mol. The second-order valence-corrected chi connectivity index (χ2v) is 8.03. The average Bonchev–Trinajstić information content (AvgIpc) is 2.64. The van der Waals surface area contributed by atoms with Gasteiger partial charge in [-0.2, -0.15) is 0 Å². The van der Waals surface area contributed by atoms with Crippen LogP contribution in [0.15, 0.2) is 77.7 Å². The van der Waals surface area contributed by atoms with Gasteiger partial charge in [-0.25, -0.2) is 8.42 Å². The Kier molecular flexibility index (Phi) is 5.48. The van der Waals surface area contributed by atoms with Crippen LogP contribution in [0.5, 0.6) is 0 Å². The van der Waals surface area contributed by atoms with Crippen molar-refractivity contribution in [3.05, 3.63) is 88.9 Å². The minimum Gasteiger partial charge on any atom is -0.322 e. The second-order valence-electron chi connectivity index (χ2n) is 5.91. The standard InChI is InChI=1S/C20H17ClN2O3S/c1-14-5-2-3-8-19(14)23-27(25,26)18-11-9-15(10-12-18)20(24)22-17-7-4-6-16(21)13-17/h2-13,23H,1H3,(H,22,24). The van der Waals surface area contributed by atoms with Crippen molar-refractivity contribution in [1.29, 1.82) is 0 Å². The van der Waals surface area contributed by atoms with Gasteiger partial charge >= 0.3 is 0 Å². The number of anilines is 2. The first-order valence-corrected chi connectivity index (χ1v) is 9.97. The molecule has 0 aliphatic rings. The van der Waals surface area contributed by atoms with Crippen LogP contribution in [-0.4, -0.2) is 14.3 Å². The van der Waals surface area contributed by atoms with Crippen molar-refractivity contribution in [2.45, 2.75) is 11.8 Å². The number of aryl methyl sites for hydroxylation is 1. The lowest BCUT2D eigenvalue weighted by atomic mass is 10.2. The highest BCUT2D eigenvalue weighted by Crippen LogP contribution is 2.20. The van der Waals surface area contributed by atoms with Crippen LogP contribution in [0.25, 0.3) is 0 Å². The summed E-state index contributed by atoms with van der Waals surface area (Å²) in [6.07, 6.45) is 0. The Balaban J connectivity index is 1.76. The molecule has 3 rings (SSSR count). The lowest BCUT2D eigenvalue weighted by Crippen LogP contribution is -2.15. The lowest BCUT2D eigenvalue weighted by Gasteiger charge is -2.11. The average molecular weight is 401 g/mol. The molecule has 0 aliphatic carbocycles. The number of rotatable bonds is 5. The summed E-state index contributed by atoms with van der Waals surface area (Å²) in [6.45, 7) is 1.82. The molecule has 0 heterocycles. The van der Waals surface area contributed by atoms with Gasteiger partial charge in [0.1, 0.15) is 0 Å². The first-order valence-electron chi connectivity index (χ1n) is 8.10. The smallest absolute Gasteiger partial charge is 0.261 e.